The first kappa shape index (κ1) is 11.4. The number of nitrogens with one attached hydrogen (secondary N) is 2. The Bertz CT molecular complexity index is 302. The molecule has 0 aromatic heterocycles. The summed E-state index contributed by atoms with van der Waals surface area (Å²) in [5, 5.41) is 4.26. The van der Waals surface area contributed by atoms with Crippen LogP contribution in [0.15, 0.2) is 0 Å². The second-order valence-corrected chi connectivity index (χ2v) is 6.11. The normalized spacial score (nSPS) is 24.9. The maximum Gasteiger partial charge on any atom is 0.324 e. The Labute approximate surface area is 96.0 Å². The summed E-state index contributed by atoms with van der Waals surface area (Å²) in [7, 11) is 0. The number of esters is 1. The zero-order valence-corrected chi connectivity index (χ0v) is 10.1. The van der Waals surface area contributed by atoms with E-state index in [4.69, 9.17) is 4.74 Å². The molecule has 2 N–H and O–H groups in total. The molecule has 14 heavy (non-hydrogen) atoms. The van der Waals surface area contributed by atoms with Crippen LogP contribution in [0.4, 0.5) is 4.79 Å². The van der Waals surface area contributed by atoms with Crippen molar-refractivity contribution in [2.24, 2.45) is 0 Å². The zero-order chi connectivity index (χ0) is 10.9. The number of alkyl halides is 2. The molecule has 0 bridgehead atoms. The van der Waals surface area contributed by atoms with E-state index in [0.29, 0.717) is 0 Å². The average molecular weight is 330 g/mol. The summed E-state index contributed by atoms with van der Waals surface area (Å²) in [6.07, 6.45) is -1.08. The Kier molecular flexibility index (Phi) is 3.15. The summed E-state index contributed by atoms with van der Waals surface area (Å²) in [6, 6.07) is -0.712. The fourth-order valence-corrected chi connectivity index (χ4v) is 1.43. The fraction of sp³-hybridized carbons (Fsp3) is 0.500. The first-order valence-electron chi connectivity index (χ1n) is 3.51. The molecule has 1 rings (SSSR count). The standard InChI is InChI=1S/C6H6Br2N2O4/c1-2(11)14-4-6(7,8)3(12)9-5(13)10-4/h4H,1H3,(H2,9,10,12,13)/t4-/m1/s1. The lowest BCUT2D eigenvalue weighted by Gasteiger charge is -2.33. The highest BCUT2D eigenvalue weighted by Crippen LogP contribution is 2.33. The molecule has 0 radical (unpaired) electrons. The molecule has 0 spiro atoms. The minimum atomic E-state index is -1.33. The Balaban J connectivity index is 2.84. The number of hydrogen-bond donors (Lipinski definition) is 2. The highest BCUT2D eigenvalue weighted by atomic mass is 79.9. The number of carbonyl (C=O) groups excluding carboxylic acids is 3. The van der Waals surface area contributed by atoms with Gasteiger partial charge in [0.05, 0.1) is 0 Å². The van der Waals surface area contributed by atoms with Crippen LogP contribution < -0.4 is 10.6 Å². The average Bonchev–Trinajstić information content (AvgIpc) is 1.99. The first-order valence-corrected chi connectivity index (χ1v) is 5.09. The number of ether oxygens (including phenoxy) is 1. The van der Waals surface area contributed by atoms with Crippen LogP contribution >= 0.6 is 31.9 Å². The van der Waals surface area contributed by atoms with Crippen LogP contribution in [0, 0.1) is 0 Å². The van der Waals surface area contributed by atoms with E-state index in [1.165, 1.54) is 6.92 Å². The van der Waals surface area contributed by atoms with Crippen LogP contribution in [0.5, 0.6) is 0 Å². The van der Waals surface area contributed by atoms with E-state index in [0.717, 1.165) is 0 Å². The second kappa shape index (κ2) is 3.85. The molecule has 1 aliphatic heterocycles. The lowest BCUT2D eigenvalue weighted by atomic mass is 10.3. The lowest BCUT2D eigenvalue weighted by Crippen LogP contribution is -2.64. The van der Waals surface area contributed by atoms with Gasteiger partial charge >= 0.3 is 12.0 Å². The van der Waals surface area contributed by atoms with Gasteiger partial charge in [0.15, 0.2) is 0 Å². The summed E-state index contributed by atoms with van der Waals surface area (Å²) in [5.74, 6) is -1.24. The summed E-state index contributed by atoms with van der Waals surface area (Å²) in [5.41, 5.74) is 0. The van der Waals surface area contributed by atoms with E-state index in [1.54, 1.807) is 0 Å². The molecule has 1 atom stereocenters. The van der Waals surface area contributed by atoms with Crippen molar-refractivity contribution < 1.29 is 19.1 Å². The molecular formula is C6H6Br2N2O4. The number of rotatable bonds is 1. The van der Waals surface area contributed by atoms with E-state index < -0.39 is 27.4 Å². The first-order chi connectivity index (χ1) is 6.34. The molecule has 0 aliphatic carbocycles. The predicted octanol–water partition coefficient (Wildman–Crippen LogP) is 0.201. The molecule has 8 heteroatoms. The molecule has 1 heterocycles. The smallest absolute Gasteiger partial charge is 0.324 e. The van der Waals surface area contributed by atoms with Crippen molar-refractivity contribution >= 4 is 49.8 Å². The van der Waals surface area contributed by atoms with Crippen molar-refractivity contribution in [2.45, 2.75) is 16.4 Å². The van der Waals surface area contributed by atoms with Crippen LogP contribution in [-0.2, 0) is 14.3 Å². The van der Waals surface area contributed by atoms with Crippen LogP contribution in [0.25, 0.3) is 0 Å². The van der Waals surface area contributed by atoms with Crippen molar-refractivity contribution in [3.63, 3.8) is 0 Å². The van der Waals surface area contributed by atoms with Gasteiger partial charge in [-0.05, 0) is 0 Å². The number of halogens is 2. The van der Waals surface area contributed by atoms with Gasteiger partial charge in [-0.3, -0.25) is 20.2 Å². The second-order valence-electron chi connectivity index (χ2n) is 2.54. The van der Waals surface area contributed by atoms with Gasteiger partial charge in [0.25, 0.3) is 5.91 Å². The quantitative estimate of drug-likeness (QED) is 0.531. The van der Waals surface area contributed by atoms with Crippen LogP contribution in [-0.4, -0.2) is 27.4 Å². The largest absolute Gasteiger partial charge is 0.439 e. The maximum atomic E-state index is 11.3. The molecule has 0 aromatic carbocycles. The van der Waals surface area contributed by atoms with Crippen molar-refractivity contribution in [3.8, 4) is 0 Å². The van der Waals surface area contributed by atoms with Crippen LogP contribution in [0.1, 0.15) is 6.92 Å². The third-order valence-corrected chi connectivity index (χ3v) is 2.96. The molecule has 1 aliphatic rings. The number of hydrogen-bond acceptors (Lipinski definition) is 4. The Morgan fingerprint density at radius 1 is 1.50 bits per heavy atom. The SMILES string of the molecule is CC(=O)O[C@H]1NC(=O)NC(=O)C1(Br)Br. The van der Waals surface area contributed by atoms with Crippen molar-refractivity contribution in [2.75, 3.05) is 0 Å². The minimum Gasteiger partial charge on any atom is -0.439 e. The van der Waals surface area contributed by atoms with Gasteiger partial charge in [-0.15, -0.1) is 0 Å². The van der Waals surface area contributed by atoms with Crippen LogP contribution in [0.2, 0.25) is 0 Å². The molecule has 0 aromatic rings. The van der Waals surface area contributed by atoms with E-state index >= 15 is 0 Å². The van der Waals surface area contributed by atoms with E-state index in [2.05, 4.69) is 37.2 Å². The lowest BCUT2D eigenvalue weighted by molar-refractivity contribution is -0.149. The highest BCUT2D eigenvalue weighted by Gasteiger charge is 2.48. The van der Waals surface area contributed by atoms with Crippen LogP contribution in [0.3, 0.4) is 0 Å². The predicted molar refractivity (Wildman–Crippen MR) is 52.8 cm³/mol. The summed E-state index contributed by atoms with van der Waals surface area (Å²) >= 11 is 5.99. The molecule has 0 saturated carbocycles. The van der Waals surface area contributed by atoms with Gasteiger partial charge in [-0.1, -0.05) is 31.9 Å². The number of carbonyl (C=O) groups is 3. The van der Waals surface area contributed by atoms with Gasteiger partial charge in [0, 0.05) is 6.92 Å². The summed E-state index contributed by atoms with van der Waals surface area (Å²) in [6.45, 7) is 1.18. The third-order valence-electron chi connectivity index (χ3n) is 1.41. The van der Waals surface area contributed by atoms with Gasteiger partial charge < -0.3 is 4.74 Å². The Morgan fingerprint density at radius 2 is 2.07 bits per heavy atom. The van der Waals surface area contributed by atoms with Crippen molar-refractivity contribution in [1.29, 1.82) is 0 Å². The number of imide groups is 1. The molecular weight excluding hydrogens is 324 g/mol. The number of amides is 3. The number of urea groups is 1. The molecule has 1 fully saturated rings. The highest BCUT2D eigenvalue weighted by molar-refractivity contribution is 9.26. The third kappa shape index (κ3) is 2.24. The maximum absolute atomic E-state index is 11.3. The molecule has 3 amide bonds. The zero-order valence-electron chi connectivity index (χ0n) is 6.97. The molecule has 0 unspecified atom stereocenters. The monoisotopic (exact) mass is 328 g/mol. The fourth-order valence-electron chi connectivity index (χ4n) is 0.821. The Morgan fingerprint density at radius 3 is 2.57 bits per heavy atom. The molecule has 1 saturated heterocycles. The Hall–Kier alpha value is -0.630. The van der Waals surface area contributed by atoms with E-state index in [1.807, 2.05) is 5.32 Å². The summed E-state index contributed by atoms with van der Waals surface area (Å²) < 4.78 is 3.39. The topological polar surface area (TPSA) is 84.5 Å². The minimum absolute atomic E-state index is 0.603. The van der Waals surface area contributed by atoms with Gasteiger partial charge in [0.2, 0.25) is 9.46 Å². The van der Waals surface area contributed by atoms with Crippen molar-refractivity contribution in [3.05, 3.63) is 0 Å². The van der Waals surface area contributed by atoms with E-state index in [9.17, 15) is 14.4 Å². The van der Waals surface area contributed by atoms with Gasteiger partial charge in [-0.25, -0.2) is 4.79 Å². The van der Waals surface area contributed by atoms with Gasteiger partial charge in [-0.2, -0.15) is 0 Å². The molecule has 6 nitrogen and oxygen atoms in total. The van der Waals surface area contributed by atoms with Crippen molar-refractivity contribution in [1.82, 2.24) is 10.6 Å². The molecule has 78 valence electrons. The summed E-state index contributed by atoms with van der Waals surface area (Å²) in [4.78, 5) is 32.8. The van der Waals surface area contributed by atoms with E-state index in [-0.39, 0.29) is 0 Å². The van der Waals surface area contributed by atoms with Gasteiger partial charge in [0.1, 0.15) is 0 Å².